The Bertz CT molecular complexity index is 653. The molecule has 1 aromatic carbocycles. The van der Waals surface area contributed by atoms with E-state index < -0.39 is 5.97 Å². The van der Waals surface area contributed by atoms with Gasteiger partial charge in [0.2, 0.25) is 11.8 Å². The van der Waals surface area contributed by atoms with Gasteiger partial charge in [-0.25, -0.2) is 4.79 Å². The minimum atomic E-state index is -0.395. The lowest BCUT2D eigenvalue weighted by atomic mass is 9.81. The van der Waals surface area contributed by atoms with Crippen molar-refractivity contribution in [3.63, 3.8) is 0 Å². The highest BCUT2D eigenvalue weighted by atomic mass is 16.5. The summed E-state index contributed by atoms with van der Waals surface area (Å²) in [6.45, 7) is 2.07. The average molecular weight is 313 g/mol. The predicted octanol–water partition coefficient (Wildman–Crippen LogP) is 2.40. The first kappa shape index (κ1) is 14.4. The number of ether oxygens (including phenoxy) is 1. The van der Waals surface area contributed by atoms with E-state index in [9.17, 15) is 14.4 Å². The molecule has 4 rings (SSSR count). The minimum absolute atomic E-state index is 0.0592. The zero-order valence-electron chi connectivity index (χ0n) is 13.0. The van der Waals surface area contributed by atoms with E-state index in [-0.39, 0.29) is 23.7 Å². The lowest BCUT2D eigenvalue weighted by Crippen LogP contribution is -2.32. The Balaban J connectivity index is 1.60. The van der Waals surface area contributed by atoms with Crippen molar-refractivity contribution < 1.29 is 19.1 Å². The highest BCUT2D eigenvalue weighted by Crippen LogP contribution is 2.56. The summed E-state index contributed by atoms with van der Waals surface area (Å²) < 4.78 is 4.95. The summed E-state index contributed by atoms with van der Waals surface area (Å²) in [5.74, 6) is 0.00712. The summed E-state index contributed by atoms with van der Waals surface area (Å²) in [6.07, 6.45) is 3.17. The molecule has 1 aromatic rings. The molecule has 3 fully saturated rings. The third-order valence-electron chi connectivity index (χ3n) is 5.56. The van der Waals surface area contributed by atoms with Crippen LogP contribution in [-0.2, 0) is 14.3 Å². The van der Waals surface area contributed by atoms with E-state index in [2.05, 4.69) is 0 Å². The number of rotatable bonds is 3. The molecule has 4 atom stereocenters. The molecule has 0 spiro atoms. The van der Waals surface area contributed by atoms with E-state index in [4.69, 9.17) is 4.74 Å². The summed E-state index contributed by atoms with van der Waals surface area (Å²) in [5, 5.41) is 0. The zero-order chi connectivity index (χ0) is 16.1. The van der Waals surface area contributed by atoms with E-state index in [0.717, 1.165) is 19.3 Å². The van der Waals surface area contributed by atoms with Crippen LogP contribution in [0.3, 0.4) is 0 Å². The molecule has 5 heteroatoms. The number of hydrogen-bond donors (Lipinski definition) is 0. The maximum absolute atomic E-state index is 12.7. The highest BCUT2D eigenvalue weighted by Gasteiger charge is 2.61. The number of imide groups is 1. The molecule has 0 N–H and O–H groups in total. The normalized spacial score (nSPS) is 31.6. The van der Waals surface area contributed by atoms with Crippen molar-refractivity contribution in [3.8, 4) is 0 Å². The average Bonchev–Trinajstić information content (AvgIpc) is 3.22. The number of carbonyl (C=O) groups excluding carboxylic acids is 3. The van der Waals surface area contributed by atoms with Gasteiger partial charge in [-0.1, -0.05) is 0 Å². The van der Waals surface area contributed by atoms with Gasteiger partial charge in [0.05, 0.1) is 29.7 Å². The van der Waals surface area contributed by atoms with Crippen LogP contribution in [0.2, 0.25) is 0 Å². The Kier molecular flexibility index (Phi) is 3.25. The van der Waals surface area contributed by atoms with Crippen molar-refractivity contribution in [2.24, 2.45) is 23.7 Å². The van der Waals surface area contributed by atoms with Gasteiger partial charge in [-0.15, -0.1) is 0 Å². The van der Waals surface area contributed by atoms with Crippen LogP contribution in [0, 0.1) is 23.7 Å². The number of anilines is 1. The number of esters is 1. The molecule has 0 unspecified atom stereocenters. The Morgan fingerprint density at radius 2 is 1.65 bits per heavy atom. The van der Waals surface area contributed by atoms with Gasteiger partial charge in [-0.05, 0) is 62.3 Å². The van der Waals surface area contributed by atoms with Gasteiger partial charge in [0.25, 0.3) is 0 Å². The first-order chi connectivity index (χ1) is 11.1. The lowest BCUT2D eigenvalue weighted by Gasteiger charge is -2.19. The van der Waals surface area contributed by atoms with Crippen LogP contribution in [0.1, 0.15) is 36.5 Å². The molecule has 2 aliphatic carbocycles. The van der Waals surface area contributed by atoms with Crippen LogP contribution < -0.4 is 4.90 Å². The Hall–Kier alpha value is -2.17. The van der Waals surface area contributed by atoms with Gasteiger partial charge < -0.3 is 4.74 Å². The molecular weight excluding hydrogens is 294 g/mol. The van der Waals surface area contributed by atoms with E-state index in [1.807, 2.05) is 0 Å². The topological polar surface area (TPSA) is 63.7 Å². The summed E-state index contributed by atoms with van der Waals surface area (Å²) in [4.78, 5) is 38.5. The molecule has 0 radical (unpaired) electrons. The molecule has 2 saturated carbocycles. The molecule has 1 heterocycles. The summed E-state index contributed by atoms with van der Waals surface area (Å²) in [7, 11) is 0. The van der Waals surface area contributed by atoms with Crippen molar-refractivity contribution in [1.82, 2.24) is 0 Å². The van der Waals surface area contributed by atoms with Crippen LogP contribution in [0.25, 0.3) is 0 Å². The van der Waals surface area contributed by atoms with E-state index >= 15 is 0 Å². The second kappa shape index (κ2) is 5.18. The highest BCUT2D eigenvalue weighted by molar-refractivity contribution is 6.22. The van der Waals surface area contributed by atoms with Gasteiger partial charge in [0.15, 0.2) is 0 Å². The second-order valence-electron chi connectivity index (χ2n) is 6.66. The molecule has 1 saturated heterocycles. The van der Waals surface area contributed by atoms with Crippen molar-refractivity contribution in [1.29, 1.82) is 0 Å². The van der Waals surface area contributed by atoms with Crippen molar-refractivity contribution in [3.05, 3.63) is 29.8 Å². The van der Waals surface area contributed by atoms with Gasteiger partial charge in [0, 0.05) is 0 Å². The first-order valence-electron chi connectivity index (χ1n) is 8.26. The Labute approximate surface area is 134 Å². The third-order valence-corrected chi connectivity index (χ3v) is 5.56. The second-order valence-corrected chi connectivity index (χ2v) is 6.66. The van der Waals surface area contributed by atoms with Crippen molar-refractivity contribution >= 4 is 23.5 Å². The van der Waals surface area contributed by atoms with Crippen LogP contribution in [0.5, 0.6) is 0 Å². The number of benzene rings is 1. The maximum Gasteiger partial charge on any atom is 0.338 e. The minimum Gasteiger partial charge on any atom is -0.462 e. The summed E-state index contributed by atoms with van der Waals surface area (Å²) >= 11 is 0. The van der Waals surface area contributed by atoms with Gasteiger partial charge >= 0.3 is 5.97 Å². The zero-order valence-corrected chi connectivity index (χ0v) is 13.0. The van der Waals surface area contributed by atoms with Gasteiger partial charge in [-0.3, -0.25) is 14.5 Å². The monoisotopic (exact) mass is 313 g/mol. The van der Waals surface area contributed by atoms with Gasteiger partial charge in [-0.2, -0.15) is 0 Å². The van der Waals surface area contributed by atoms with Crippen molar-refractivity contribution in [2.75, 3.05) is 11.5 Å². The van der Waals surface area contributed by atoms with Crippen LogP contribution in [0.4, 0.5) is 5.69 Å². The lowest BCUT2D eigenvalue weighted by molar-refractivity contribution is -0.123. The SMILES string of the molecule is CCOC(=O)c1ccc(N2C(=O)[C@@H]3[C@@H]4CC[C@@H](C4)[C@@H]3C2=O)cc1. The number of nitrogens with zero attached hydrogens (tertiary/aromatic N) is 1. The molecule has 0 aromatic heterocycles. The number of hydrogen-bond acceptors (Lipinski definition) is 4. The Morgan fingerprint density at radius 1 is 1.09 bits per heavy atom. The Morgan fingerprint density at radius 3 is 2.17 bits per heavy atom. The molecule has 3 aliphatic rings. The van der Waals surface area contributed by atoms with Crippen molar-refractivity contribution in [2.45, 2.75) is 26.2 Å². The molecule has 23 heavy (non-hydrogen) atoms. The molecular formula is C18H19NO4. The summed E-state index contributed by atoms with van der Waals surface area (Å²) in [6, 6.07) is 6.53. The molecule has 1 aliphatic heterocycles. The fourth-order valence-electron chi connectivity index (χ4n) is 4.62. The first-order valence-corrected chi connectivity index (χ1v) is 8.26. The van der Waals surface area contributed by atoms with Crippen LogP contribution >= 0.6 is 0 Å². The molecule has 120 valence electrons. The number of fused-ring (bicyclic) bond motifs is 5. The molecule has 2 bridgehead atoms. The maximum atomic E-state index is 12.7. The van der Waals surface area contributed by atoms with Gasteiger partial charge in [0.1, 0.15) is 0 Å². The fraction of sp³-hybridized carbons (Fsp3) is 0.500. The molecule has 2 amide bonds. The quantitative estimate of drug-likeness (QED) is 0.635. The van der Waals surface area contributed by atoms with Crippen LogP contribution in [0.15, 0.2) is 24.3 Å². The largest absolute Gasteiger partial charge is 0.462 e. The summed E-state index contributed by atoms with van der Waals surface area (Å²) in [5.41, 5.74) is 0.983. The van der Waals surface area contributed by atoms with E-state index in [1.54, 1.807) is 31.2 Å². The van der Waals surface area contributed by atoms with E-state index in [1.165, 1.54) is 4.90 Å². The number of carbonyl (C=O) groups is 3. The predicted molar refractivity (Wildman–Crippen MR) is 82.7 cm³/mol. The van der Waals surface area contributed by atoms with Crippen LogP contribution in [-0.4, -0.2) is 24.4 Å². The number of amides is 2. The van der Waals surface area contributed by atoms with E-state index in [0.29, 0.717) is 29.7 Å². The fourth-order valence-corrected chi connectivity index (χ4v) is 4.62. The smallest absolute Gasteiger partial charge is 0.338 e. The third kappa shape index (κ3) is 2.02. The standard InChI is InChI=1S/C18H19NO4/c1-2-23-18(22)10-5-7-13(8-6-10)19-16(20)14-11-3-4-12(9-11)15(14)17(19)21/h5-8,11-12,14-15H,2-4,9H2,1H3/t11-,12+,14-,15+. The molecule has 5 nitrogen and oxygen atoms in total.